The Kier molecular flexibility index (Phi) is 6.18. The second-order valence-corrected chi connectivity index (χ2v) is 12.4. The van der Waals surface area contributed by atoms with E-state index in [9.17, 15) is 9.59 Å². The van der Waals surface area contributed by atoms with E-state index in [0.717, 1.165) is 50.2 Å². The molecule has 3 aliphatic rings. The lowest BCUT2D eigenvalue weighted by Gasteiger charge is -2.35. The van der Waals surface area contributed by atoms with Gasteiger partial charge >= 0.3 is 11.9 Å². The Balaban J connectivity index is 1.45. The number of esters is 2. The van der Waals surface area contributed by atoms with Crippen LogP contribution in [0.5, 0.6) is 0 Å². The molecule has 5 unspecified atom stereocenters. The summed E-state index contributed by atoms with van der Waals surface area (Å²) in [4.78, 5) is 25.3. The predicted molar refractivity (Wildman–Crippen MR) is 112 cm³/mol. The van der Waals surface area contributed by atoms with E-state index in [1.165, 1.54) is 0 Å². The first-order chi connectivity index (χ1) is 12.5. The van der Waals surface area contributed by atoms with E-state index in [-0.39, 0.29) is 35.8 Å². The van der Waals surface area contributed by atoms with Crippen molar-refractivity contribution in [3.05, 3.63) is 0 Å². The molecule has 0 aromatic heterocycles. The Labute approximate surface area is 173 Å². The highest BCUT2D eigenvalue weighted by Crippen LogP contribution is 2.56. The highest BCUT2D eigenvalue weighted by molar-refractivity contribution is 8.07. The standard InChI is InChI=1S/C21H34O4S2/c1-19(2,12-24-17(22)20(3)8-5-6-14(26)10-20)13-25-18(23)21(4)9-7-15-16(11-21)27-15/h14-16,26H,5-13H2,1-4H3. The lowest BCUT2D eigenvalue weighted by Crippen LogP contribution is -2.39. The average molecular weight is 415 g/mol. The van der Waals surface area contributed by atoms with Crippen molar-refractivity contribution in [2.45, 2.75) is 88.4 Å². The van der Waals surface area contributed by atoms with Gasteiger partial charge in [0.1, 0.15) is 0 Å². The van der Waals surface area contributed by atoms with Crippen molar-refractivity contribution in [1.29, 1.82) is 0 Å². The summed E-state index contributed by atoms with van der Waals surface area (Å²) in [5.74, 6) is -0.235. The first kappa shape index (κ1) is 21.4. The molecule has 2 aliphatic carbocycles. The topological polar surface area (TPSA) is 52.6 Å². The van der Waals surface area contributed by atoms with Crippen LogP contribution < -0.4 is 0 Å². The van der Waals surface area contributed by atoms with Crippen LogP contribution in [0, 0.1) is 16.2 Å². The quantitative estimate of drug-likeness (QED) is 0.389. The lowest BCUT2D eigenvalue weighted by atomic mass is 9.75. The van der Waals surface area contributed by atoms with Gasteiger partial charge in [-0.2, -0.15) is 24.4 Å². The summed E-state index contributed by atoms with van der Waals surface area (Å²) in [6.07, 6.45) is 6.66. The summed E-state index contributed by atoms with van der Waals surface area (Å²) in [6.45, 7) is 8.53. The van der Waals surface area contributed by atoms with Crippen LogP contribution in [-0.2, 0) is 19.1 Å². The van der Waals surface area contributed by atoms with E-state index in [2.05, 4.69) is 12.6 Å². The molecule has 2 saturated carbocycles. The van der Waals surface area contributed by atoms with Crippen LogP contribution in [-0.4, -0.2) is 40.9 Å². The molecule has 3 rings (SSSR count). The third-order valence-corrected chi connectivity index (χ3v) is 8.33. The third-order valence-electron chi connectivity index (χ3n) is 6.45. The van der Waals surface area contributed by atoms with E-state index in [4.69, 9.17) is 9.47 Å². The van der Waals surface area contributed by atoms with Gasteiger partial charge < -0.3 is 9.47 Å². The van der Waals surface area contributed by atoms with Crippen molar-refractivity contribution in [2.24, 2.45) is 16.2 Å². The number of fused-ring (bicyclic) bond motifs is 1. The number of hydrogen-bond donors (Lipinski definition) is 1. The number of carbonyl (C=O) groups excluding carboxylic acids is 2. The van der Waals surface area contributed by atoms with Crippen molar-refractivity contribution >= 4 is 36.3 Å². The molecule has 0 aromatic carbocycles. The Morgan fingerprint density at radius 2 is 1.59 bits per heavy atom. The van der Waals surface area contributed by atoms with Crippen LogP contribution in [0.2, 0.25) is 0 Å². The van der Waals surface area contributed by atoms with Gasteiger partial charge in [-0.3, -0.25) is 9.59 Å². The summed E-state index contributed by atoms with van der Waals surface area (Å²) in [5, 5.41) is 1.70. The first-order valence-electron chi connectivity index (χ1n) is 10.2. The number of thioether (sulfide) groups is 1. The molecular formula is C21H34O4S2. The van der Waals surface area contributed by atoms with E-state index in [0.29, 0.717) is 5.25 Å². The molecular weight excluding hydrogens is 380 g/mol. The van der Waals surface area contributed by atoms with Gasteiger partial charge in [-0.1, -0.05) is 20.3 Å². The van der Waals surface area contributed by atoms with Gasteiger partial charge in [0, 0.05) is 21.2 Å². The molecule has 6 heteroatoms. The Morgan fingerprint density at radius 3 is 2.15 bits per heavy atom. The molecule has 1 heterocycles. The monoisotopic (exact) mass is 414 g/mol. The number of ether oxygens (including phenoxy) is 2. The van der Waals surface area contributed by atoms with E-state index >= 15 is 0 Å². The van der Waals surface area contributed by atoms with Gasteiger partial charge in [0.15, 0.2) is 0 Å². The Morgan fingerprint density at radius 1 is 1.00 bits per heavy atom. The smallest absolute Gasteiger partial charge is 0.311 e. The zero-order chi connectivity index (χ0) is 19.9. The maximum Gasteiger partial charge on any atom is 0.311 e. The van der Waals surface area contributed by atoms with Crippen LogP contribution in [0.25, 0.3) is 0 Å². The fraction of sp³-hybridized carbons (Fsp3) is 0.905. The van der Waals surface area contributed by atoms with Crippen LogP contribution in [0.1, 0.15) is 72.6 Å². The Hall–Kier alpha value is -0.360. The summed E-state index contributed by atoms with van der Waals surface area (Å²) >= 11 is 6.55. The zero-order valence-electron chi connectivity index (χ0n) is 17.1. The highest BCUT2D eigenvalue weighted by Gasteiger charge is 2.51. The number of carbonyl (C=O) groups is 2. The van der Waals surface area contributed by atoms with E-state index < -0.39 is 10.8 Å². The maximum atomic E-state index is 12.7. The third kappa shape index (κ3) is 5.17. The minimum absolute atomic E-state index is 0.0926. The molecule has 1 saturated heterocycles. The molecule has 1 aliphatic heterocycles. The predicted octanol–water partition coefficient (Wildman–Crippen LogP) is 4.65. The second kappa shape index (κ2) is 7.81. The molecule has 5 atom stereocenters. The highest BCUT2D eigenvalue weighted by atomic mass is 32.2. The normalized spacial score (nSPS) is 38.6. The van der Waals surface area contributed by atoms with Crippen molar-refractivity contribution in [3.8, 4) is 0 Å². The van der Waals surface area contributed by atoms with Crippen molar-refractivity contribution < 1.29 is 19.1 Å². The van der Waals surface area contributed by atoms with Gasteiger partial charge in [0.05, 0.1) is 24.0 Å². The molecule has 27 heavy (non-hydrogen) atoms. The summed E-state index contributed by atoms with van der Waals surface area (Å²) in [5.41, 5.74) is -1.18. The molecule has 0 amide bonds. The van der Waals surface area contributed by atoms with Crippen molar-refractivity contribution in [3.63, 3.8) is 0 Å². The average Bonchev–Trinajstić information content (AvgIpc) is 3.35. The van der Waals surface area contributed by atoms with Gasteiger partial charge in [-0.25, -0.2) is 0 Å². The maximum absolute atomic E-state index is 12.7. The molecule has 0 spiro atoms. The van der Waals surface area contributed by atoms with Crippen molar-refractivity contribution in [1.82, 2.24) is 0 Å². The minimum Gasteiger partial charge on any atom is -0.465 e. The number of rotatable bonds is 6. The molecule has 0 aromatic rings. The van der Waals surface area contributed by atoms with Crippen LogP contribution in [0.4, 0.5) is 0 Å². The Bertz CT molecular complexity index is 565. The lowest BCUT2D eigenvalue weighted by molar-refractivity contribution is -0.166. The van der Waals surface area contributed by atoms with Gasteiger partial charge in [-0.15, -0.1) is 0 Å². The van der Waals surface area contributed by atoms with Crippen LogP contribution in [0.15, 0.2) is 0 Å². The van der Waals surface area contributed by atoms with E-state index in [1.807, 2.05) is 39.5 Å². The summed E-state index contributed by atoms with van der Waals surface area (Å²) in [7, 11) is 0. The minimum atomic E-state index is -0.439. The van der Waals surface area contributed by atoms with Crippen LogP contribution in [0.3, 0.4) is 0 Å². The number of thiol groups is 1. The SMILES string of the molecule is CC(C)(COC(=O)C1(C)CCCC(S)C1)COC(=O)C1(C)CCC2SC2C1. The number of hydrogen-bond acceptors (Lipinski definition) is 6. The molecule has 4 nitrogen and oxygen atoms in total. The fourth-order valence-corrected chi connectivity index (χ4v) is 6.25. The van der Waals surface area contributed by atoms with Crippen molar-refractivity contribution in [2.75, 3.05) is 13.2 Å². The fourth-order valence-electron chi connectivity index (χ4n) is 4.35. The van der Waals surface area contributed by atoms with Gasteiger partial charge in [0.2, 0.25) is 0 Å². The summed E-state index contributed by atoms with van der Waals surface area (Å²) < 4.78 is 11.3. The van der Waals surface area contributed by atoms with Gasteiger partial charge in [-0.05, 0) is 52.4 Å². The van der Waals surface area contributed by atoms with E-state index in [1.54, 1.807) is 0 Å². The molecule has 0 radical (unpaired) electrons. The first-order valence-corrected chi connectivity index (χ1v) is 11.7. The summed E-state index contributed by atoms with van der Waals surface area (Å²) in [6, 6.07) is 0. The molecule has 0 bridgehead atoms. The second-order valence-electron chi connectivity index (χ2n) is 10.1. The molecule has 154 valence electrons. The largest absolute Gasteiger partial charge is 0.465 e. The molecule has 0 N–H and O–H groups in total. The zero-order valence-corrected chi connectivity index (χ0v) is 18.8. The van der Waals surface area contributed by atoms with Crippen LogP contribution >= 0.6 is 24.4 Å². The van der Waals surface area contributed by atoms with Gasteiger partial charge in [0.25, 0.3) is 0 Å². The molecule has 3 fully saturated rings.